The molecule has 3 rings (SSSR count). The molecular weight excluding hydrogens is 461 g/mol. The second-order valence-corrected chi connectivity index (χ2v) is 8.36. The summed E-state index contributed by atoms with van der Waals surface area (Å²) in [6.07, 6.45) is -4.27. The van der Waals surface area contributed by atoms with Crippen molar-refractivity contribution in [2.24, 2.45) is 5.14 Å². The van der Waals surface area contributed by atoms with E-state index in [9.17, 15) is 31.2 Å². The number of sulfonamides is 1. The highest BCUT2D eigenvalue weighted by molar-refractivity contribution is 7.89. The predicted octanol–water partition coefficient (Wildman–Crippen LogP) is 4.09. The van der Waals surface area contributed by atoms with Crippen LogP contribution in [-0.2, 0) is 16.2 Å². The van der Waals surface area contributed by atoms with Crippen molar-refractivity contribution in [3.05, 3.63) is 77.4 Å². The van der Waals surface area contributed by atoms with Crippen molar-refractivity contribution in [1.82, 2.24) is 0 Å². The maximum atomic E-state index is 13.4. The number of nitrogens with two attached hydrogens (primary N) is 1. The maximum absolute atomic E-state index is 13.4. The van der Waals surface area contributed by atoms with Crippen LogP contribution in [-0.4, -0.2) is 27.7 Å². The quantitative estimate of drug-likeness (QED) is 0.518. The predicted molar refractivity (Wildman–Crippen MR) is 115 cm³/mol. The van der Waals surface area contributed by atoms with Crippen molar-refractivity contribution in [1.29, 1.82) is 0 Å². The van der Waals surface area contributed by atoms with E-state index in [1.807, 2.05) is 0 Å². The molecule has 0 saturated carbocycles. The fourth-order valence-electron chi connectivity index (χ4n) is 3.20. The number of benzene rings is 3. The molecule has 0 heterocycles. The second-order valence-electron chi connectivity index (χ2n) is 6.83. The zero-order valence-electron chi connectivity index (χ0n) is 17.0. The van der Waals surface area contributed by atoms with Crippen LogP contribution >= 0.6 is 0 Å². The number of anilines is 1. The van der Waals surface area contributed by atoms with E-state index >= 15 is 0 Å². The zero-order valence-corrected chi connectivity index (χ0v) is 17.8. The minimum atomic E-state index is -4.63. The maximum Gasteiger partial charge on any atom is 0.417 e. The number of carbonyl (C=O) groups is 2. The lowest BCUT2D eigenvalue weighted by molar-refractivity contribution is -0.137. The van der Waals surface area contributed by atoms with E-state index in [-0.39, 0.29) is 38.6 Å². The number of primary sulfonamides is 1. The third-order valence-corrected chi connectivity index (χ3v) is 5.64. The topological polar surface area (TPSA) is 116 Å². The third-order valence-electron chi connectivity index (χ3n) is 4.69. The number of rotatable bonds is 6. The van der Waals surface area contributed by atoms with Gasteiger partial charge in [-0.3, -0.25) is 9.59 Å². The molecule has 0 bridgehead atoms. The Morgan fingerprint density at radius 2 is 1.73 bits per heavy atom. The van der Waals surface area contributed by atoms with Crippen LogP contribution in [0.1, 0.15) is 26.3 Å². The Kier molecular flexibility index (Phi) is 6.56. The van der Waals surface area contributed by atoms with Crippen LogP contribution in [0.5, 0.6) is 5.75 Å². The van der Waals surface area contributed by atoms with Crippen molar-refractivity contribution in [2.75, 3.05) is 12.4 Å². The minimum Gasteiger partial charge on any atom is -0.495 e. The molecule has 7 nitrogen and oxygen atoms in total. The van der Waals surface area contributed by atoms with Crippen LogP contribution in [0.15, 0.2) is 65.6 Å². The smallest absolute Gasteiger partial charge is 0.417 e. The Balaban J connectivity index is 1.95. The third kappa shape index (κ3) is 5.21. The summed E-state index contributed by atoms with van der Waals surface area (Å²) in [5, 5.41) is 7.62. The number of ether oxygens (including phenoxy) is 1. The van der Waals surface area contributed by atoms with E-state index in [1.54, 1.807) is 0 Å². The van der Waals surface area contributed by atoms with Gasteiger partial charge in [-0.15, -0.1) is 0 Å². The number of aldehydes is 1. The van der Waals surface area contributed by atoms with Gasteiger partial charge in [0.2, 0.25) is 10.0 Å². The average Bonchev–Trinajstić information content (AvgIpc) is 2.77. The van der Waals surface area contributed by atoms with Crippen molar-refractivity contribution >= 4 is 27.9 Å². The van der Waals surface area contributed by atoms with Gasteiger partial charge in [-0.05, 0) is 41.5 Å². The summed E-state index contributed by atoms with van der Waals surface area (Å²) >= 11 is 0. The van der Waals surface area contributed by atoms with Gasteiger partial charge in [-0.25, -0.2) is 13.6 Å². The lowest BCUT2D eigenvalue weighted by Gasteiger charge is -2.15. The van der Waals surface area contributed by atoms with Gasteiger partial charge < -0.3 is 10.1 Å². The molecule has 0 saturated heterocycles. The summed E-state index contributed by atoms with van der Waals surface area (Å²) in [4.78, 5) is 24.0. The number of alkyl halides is 3. The fraction of sp³-hybridized carbons (Fsp3) is 0.0909. The molecular formula is C22H17F3N2O5S. The number of carbonyl (C=O) groups excluding carboxylic acids is 2. The SMILES string of the molecule is COc1cc(NC(=O)c2ccc(-c3ccccc3C(F)(F)F)c(C=O)c2)ccc1S(N)(=O)=O. The molecule has 11 heteroatoms. The van der Waals surface area contributed by atoms with Crippen molar-refractivity contribution < 1.29 is 35.9 Å². The van der Waals surface area contributed by atoms with E-state index in [0.29, 0.717) is 6.29 Å². The molecule has 0 fully saturated rings. The van der Waals surface area contributed by atoms with Crippen LogP contribution in [0.2, 0.25) is 0 Å². The first-order valence-electron chi connectivity index (χ1n) is 9.23. The van der Waals surface area contributed by atoms with Gasteiger partial charge in [0.1, 0.15) is 10.6 Å². The normalized spacial score (nSPS) is 11.7. The van der Waals surface area contributed by atoms with Gasteiger partial charge in [0.05, 0.1) is 12.7 Å². The number of hydrogen-bond acceptors (Lipinski definition) is 5. The summed E-state index contributed by atoms with van der Waals surface area (Å²) in [6, 6.07) is 12.2. The molecule has 0 aliphatic rings. The van der Waals surface area contributed by atoms with Crippen molar-refractivity contribution in [2.45, 2.75) is 11.1 Å². The molecule has 0 spiro atoms. The summed E-state index contributed by atoms with van der Waals surface area (Å²) in [5.74, 6) is -0.776. The Bertz CT molecular complexity index is 1340. The van der Waals surface area contributed by atoms with Crippen molar-refractivity contribution in [3.63, 3.8) is 0 Å². The number of nitrogens with one attached hydrogen (secondary N) is 1. The van der Waals surface area contributed by atoms with E-state index < -0.39 is 27.7 Å². The van der Waals surface area contributed by atoms with Gasteiger partial charge >= 0.3 is 6.18 Å². The van der Waals surface area contributed by atoms with E-state index in [2.05, 4.69) is 5.32 Å². The van der Waals surface area contributed by atoms with Gasteiger partial charge in [-0.2, -0.15) is 13.2 Å². The number of hydrogen-bond donors (Lipinski definition) is 2. The lowest BCUT2D eigenvalue weighted by Crippen LogP contribution is -2.15. The number of halogens is 3. The number of methoxy groups -OCH3 is 1. The zero-order chi connectivity index (χ0) is 24.4. The van der Waals surface area contributed by atoms with Gasteiger partial charge in [0, 0.05) is 22.9 Å². The van der Waals surface area contributed by atoms with E-state index in [1.165, 1.54) is 55.6 Å². The van der Waals surface area contributed by atoms with E-state index in [0.717, 1.165) is 12.1 Å². The highest BCUT2D eigenvalue weighted by Crippen LogP contribution is 2.38. The molecule has 3 N–H and O–H groups in total. The van der Waals surface area contributed by atoms with Crippen LogP contribution in [0.3, 0.4) is 0 Å². The van der Waals surface area contributed by atoms with Crippen molar-refractivity contribution in [3.8, 4) is 16.9 Å². The molecule has 0 unspecified atom stereocenters. The van der Waals surface area contributed by atoms with Crippen LogP contribution in [0.4, 0.5) is 18.9 Å². The second kappa shape index (κ2) is 9.04. The Morgan fingerprint density at radius 3 is 2.33 bits per heavy atom. The molecule has 172 valence electrons. The molecule has 3 aromatic rings. The summed E-state index contributed by atoms with van der Waals surface area (Å²) in [7, 11) is -2.83. The molecule has 1 amide bonds. The highest BCUT2D eigenvalue weighted by atomic mass is 32.2. The Labute approximate surface area is 187 Å². The minimum absolute atomic E-state index is 0.000158. The van der Waals surface area contributed by atoms with Gasteiger partial charge in [0.15, 0.2) is 6.29 Å². The highest BCUT2D eigenvalue weighted by Gasteiger charge is 2.33. The van der Waals surface area contributed by atoms with Crippen LogP contribution in [0, 0.1) is 0 Å². The van der Waals surface area contributed by atoms with E-state index in [4.69, 9.17) is 9.88 Å². The van der Waals surface area contributed by atoms with Crippen LogP contribution < -0.4 is 15.2 Å². The molecule has 0 aliphatic carbocycles. The number of amides is 1. The average molecular weight is 478 g/mol. The molecule has 0 radical (unpaired) electrons. The van der Waals surface area contributed by atoms with Crippen LogP contribution in [0.25, 0.3) is 11.1 Å². The summed E-state index contributed by atoms with van der Waals surface area (Å²) < 4.78 is 68.3. The first-order valence-corrected chi connectivity index (χ1v) is 10.8. The molecule has 0 aliphatic heterocycles. The monoisotopic (exact) mass is 478 g/mol. The van der Waals surface area contributed by atoms with Gasteiger partial charge in [0.25, 0.3) is 5.91 Å². The van der Waals surface area contributed by atoms with Gasteiger partial charge in [-0.1, -0.05) is 24.3 Å². The standard InChI is InChI=1S/C22H17F3N2O5S/c1-32-19-11-15(7-9-20(19)33(26,30)31)27-21(29)13-6-8-16(14(10-13)12-28)17-4-2-3-5-18(17)22(23,24)25/h2-12H,1H3,(H,27,29)(H2,26,30,31). The summed E-state index contributed by atoms with van der Waals surface area (Å²) in [5.41, 5.74) is -1.02. The Hall–Kier alpha value is -3.70. The first kappa shape index (κ1) is 24.0. The first-order chi connectivity index (χ1) is 15.5. The largest absolute Gasteiger partial charge is 0.495 e. The summed E-state index contributed by atoms with van der Waals surface area (Å²) in [6.45, 7) is 0. The Morgan fingerprint density at radius 1 is 1.03 bits per heavy atom. The molecule has 33 heavy (non-hydrogen) atoms. The molecule has 0 atom stereocenters. The fourth-order valence-corrected chi connectivity index (χ4v) is 3.88. The molecule has 3 aromatic carbocycles. The molecule has 0 aromatic heterocycles. The lowest BCUT2D eigenvalue weighted by atomic mass is 9.94.